The van der Waals surface area contributed by atoms with Crippen LogP contribution in [-0.4, -0.2) is 49.7 Å². The monoisotopic (exact) mass is 471 g/mol. The van der Waals surface area contributed by atoms with Gasteiger partial charge < -0.3 is 5.32 Å². The van der Waals surface area contributed by atoms with E-state index in [0.717, 1.165) is 18.7 Å². The number of carbonyl (C=O) groups excluding carboxylic acids is 1. The molecule has 0 radical (unpaired) electrons. The third kappa shape index (κ3) is 5.44. The van der Waals surface area contributed by atoms with Crippen molar-refractivity contribution in [1.82, 2.24) is 9.21 Å². The Balaban J connectivity index is 1.42. The van der Waals surface area contributed by atoms with Crippen LogP contribution in [-0.2, 0) is 16.6 Å². The van der Waals surface area contributed by atoms with Crippen LogP contribution in [0.4, 0.5) is 14.5 Å². The van der Waals surface area contributed by atoms with Gasteiger partial charge >= 0.3 is 0 Å². The quantitative estimate of drug-likeness (QED) is 0.595. The van der Waals surface area contributed by atoms with Crippen molar-refractivity contribution < 1.29 is 22.0 Å². The average Bonchev–Trinajstić information content (AvgIpc) is 2.82. The van der Waals surface area contributed by atoms with Gasteiger partial charge in [0.15, 0.2) is 11.6 Å². The van der Waals surface area contributed by atoms with E-state index in [1.54, 1.807) is 0 Å². The summed E-state index contributed by atoms with van der Waals surface area (Å²) in [7, 11) is -3.78. The molecular formula is C24H23F2N3O3S. The molecule has 4 rings (SSSR count). The summed E-state index contributed by atoms with van der Waals surface area (Å²) < 4.78 is 54.2. The summed E-state index contributed by atoms with van der Waals surface area (Å²) in [5.41, 5.74) is 1.35. The summed E-state index contributed by atoms with van der Waals surface area (Å²) >= 11 is 0. The fourth-order valence-corrected chi connectivity index (χ4v) is 5.16. The van der Waals surface area contributed by atoms with Crippen molar-refractivity contribution >= 4 is 21.6 Å². The highest BCUT2D eigenvalue weighted by Gasteiger charge is 2.29. The van der Waals surface area contributed by atoms with Crippen LogP contribution in [0.2, 0.25) is 0 Å². The van der Waals surface area contributed by atoms with E-state index in [4.69, 9.17) is 0 Å². The molecule has 0 unspecified atom stereocenters. The lowest BCUT2D eigenvalue weighted by Gasteiger charge is -2.34. The number of hydrogen-bond acceptors (Lipinski definition) is 4. The van der Waals surface area contributed by atoms with Crippen LogP contribution < -0.4 is 5.32 Å². The highest BCUT2D eigenvalue weighted by Crippen LogP contribution is 2.21. The van der Waals surface area contributed by atoms with Crippen LogP contribution in [0.15, 0.2) is 77.7 Å². The molecule has 9 heteroatoms. The Kier molecular flexibility index (Phi) is 6.83. The number of carbonyl (C=O) groups is 1. The lowest BCUT2D eigenvalue weighted by molar-refractivity contribution is 0.102. The second-order valence-electron chi connectivity index (χ2n) is 7.78. The molecule has 0 bridgehead atoms. The van der Waals surface area contributed by atoms with E-state index < -0.39 is 27.6 Å². The van der Waals surface area contributed by atoms with Crippen LogP contribution in [0.25, 0.3) is 0 Å². The minimum absolute atomic E-state index is 0.0111. The molecule has 1 N–H and O–H groups in total. The number of nitrogens with one attached hydrogen (secondary N) is 1. The fourth-order valence-electron chi connectivity index (χ4n) is 3.69. The first kappa shape index (κ1) is 23.0. The SMILES string of the molecule is O=C(Nc1ccc(F)c(F)c1)c1cccc(S(=O)(=O)N2CCN(Cc3ccccc3)CC2)c1. The first-order valence-electron chi connectivity index (χ1n) is 10.5. The number of hydrogen-bond donors (Lipinski definition) is 1. The van der Waals surface area contributed by atoms with Gasteiger partial charge in [-0.2, -0.15) is 4.31 Å². The Hall–Kier alpha value is -3.14. The minimum atomic E-state index is -3.78. The van der Waals surface area contributed by atoms with Gasteiger partial charge in [-0.1, -0.05) is 36.4 Å². The minimum Gasteiger partial charge on any atom is -0.322 e. The Morgan fingerprint density at radius 2 is 1.58 bits per heavy atom. The van der Waals surface area contributed by atoms with Crippen molar-refractivity contribution in [2.75, 3.05) is 31.5 Å². The van der Waals surface area contributed by atoms with E-state index in [1.165, 1.54) is 40.2 Å². The maximum absolute atomic E-state index is 13.4. The molecule has 6 nitrogen and oxygen atoms in total. The zero-order valence-corrected chi connectivity index (χ0v) is 18.6. The van der Waals surface area contributed by atoms with Crippen molar-refractivity contribution in [3.8, 4) is 0 Å². The zero-order valence-electron chi connectivity index (χ0n) is 17.7. The topological polar surface area (TPSA) is 69.7 Å². The van der Waals surface area contributed by atoms with Gasteiger partial charge in [0.05, 0.1) is 4.90 Å². The number of sulfonamides is 1. The number of nitrogens with zero attached hydrogens (tertiary/aromatic N) is 2. The molecule has 3 aromatic carbocycles. The Morgan fingerprint density at radius 1 is 0.848 bits per heavy atom. The number of anilines is 1. The van der Waals surface area contributed by atoms with Gasteiger partial charge in [-0.3, -0.25) is 9.69 Å². The van der Waals surface area contributed by atoms with E-state index >= 15 is 0 Å². The molecule has 1 amide bonds. The summed E-state index contributed by atoms with van der Waals surface area (Å²) in [6, 6.07) is 18.7. The second kappa shape index (κ2) is 9.78. The Morgan fingerprint density at radius 3 is 2.27 bits per heavy atom. The zero-order chi connectivity index (χ0) is 23.4. The molecule has 0 aromatic heterocycles. The van der Waals surface area contributed by atoms with Crippen molar-refractivity contribution in [3.63, 3.8) is 0 Å². The van der Waals surface area contributed by atoms with Crippen LogP contribution in [0.3, 0.4) is 0 Å². The van der Waals surface area contributed by atoms with E-state index in [1.807, 2.05) is 30.3 Å². The Labute approximate surface area is 191 Å². The maximum Gasteiger partial charge on any atom is 0.255 e. The summed E-state index contributed by atoms with van der Waals surface area (Å²) in [5, 5.41) is 2.45. The largest absolute Gasteiger partial charge is 0.322 e. The van der Waals surface area contributed by atoms with E-state index in [2.05, 4.69) is 10.2 Å². The van der Waals surface area contributed by atoms with Gasteiger partial charge in [0.2, 0.25) is 10.0 Å². The van der Waals surface area contributed by atoms with E-state index in [0.29, 0.717) is 26.2 Å². The second-order valence-corrected chi connectivity index (χ2v) is 9.71. The van der Waals surface area contributed by atoms with Gasteiger partial charge in [0.1, 0.15) is 0 Å². The molecule has 0 spiro atoms. The van der Waals surface area contributed by atoms with Gasteiger partial charge in [-0.15, -0.1) is 0 Å². The lowest BCUT2D eigenvalue weighted by atomic mass is 10.2. The highest BCUT2D eigenvalue weighted by atomic mass is 32.2. The van der Waals surface area contributed by atoms with Crippen LogP contribution in [0.1, 0.15) is 15.9 Å². The first-order chi connectivity index (χ1) is 15.8. The lowest BCUT2D eigenvalue weighted by Crippen LogP contribution is -2.48. The molecule has 1 aliphatic heterocycles. The molecule has 0 atom stereocenters. The predicted octanol–water partition coefficient (Wildman–Crippen LogP) is 3.72. The van der Waals surface area contributed by atoms with Crippen LogP contribution in [0.5, 0.6) is 0 Å². The maximum atomic E-state index is 13.4. The molecule has 1 heterocycles. The predicted molar refractivity (Wildman–Crippen MR) is 121 cm³/mol. The molecule has 0 aliphatic carbocycles. The van der Waals surface area contributed by atoms with E-state index in [9.17, 15) is 22.0 Å². The molecule has 1 fully saturated rings. The molecule has 1 aliphatic rings. The summed E-state index contributed by atoms with van der Waals surface area (Å²) in [4.78, 5) is 14.8. The fraction of sp³-hybridized carbons (Fsp3) is 0.208. The third-order valence-corrected chi connectivity index (χ3v) is 7.39. The molecule has 1 saturated heterocycles. The number of rotatable bonds is 6. The first-order valence-corrected chi connectivity index (χ1v) is 11.9. The molecule has 0 saturated carbocycles. The van der Waals surface area contributed by atoms with E-state index in [-0.39, 0.29) is 16.1 Å². The number of amides is 1. The highest BCUT2D eigenvalue weighted by molar-refractivity contribution is 7.89. The van der Waals surface area contributed by atoms with Gasteiger partial charge in [-0.05, 0) is 35.9 Å². The van der Waals surface area contributed by atoms with Crippen molar-refractivity contribution in [1.29, 1.82) is 0 Å². The van der Waals surface area contributed by atoms with Crippen molar-refractivity contribution in [2.24, 2.45) is 0 Å². The molecule has 3 aromatic rings. The Bertz CT molecular complexity index is 1240. The summed E-state index contributed by atoms with van der Waals surface area (Å²) in [6.07, 6.45) is 0. The molecular weight excluding hydrogens is 448 g/mol. The number of halogens is 2. The third-order valence-electron chi connectivity index (χ3n) is 5.49. The number of benzene rings is 3. The number of piperazine rings is 1. The smallest absolute Gasteiger partial charge is 0.255 e. The average molecular weight is 472 g/mol. The van der Waals surface area contributed by atoms with Gasteiger partial charge in [-0.25, -0.2) is 17.2 Å². The van der Waals surface area contributed by atoms with Gasteiger partial charge in [0.25, 0.3) is 5.91 Å². The summed E-state index contributed by atoms with van der Waals surface area (Å²) in [6.45, 7) is 2.66. The molecule has 172 valence electrons. The van der Waals surface area contributed by atoms with Crippen LogP contribution in [0, 0.1) is 11.6 Å². The standard InChI is InChI=1S/C24H23F2N3O3S/c25-22-10-9-20(16-23(22)26)27-24(30)19-7-4-8-21(15-19)33(31,32)29-13-11-28(12-14-29)17-18-5-2-1-3-6-18/h1-10,15-16H,11-14,17H2,(H,27,30). The van der Waals surface area contributed by atoms with Gasteiger partial charge in [0, 0.05) is 50.0 Å². The van der Waals surface area contributed by atoms with Crippen LogP contribution >= 0.6 is 0 Å². The normalized spacial score (nSPS) is 15.3. The molecule has 33 heavy (non-hydrogen) atoms. The van der Waals surface area contributed by atoms with Crippen molar-refractivity contribution in [3.05, 3.63) is 95.6 Å². The van der Waals surface area contributed by atoms with Crippen molar-refractivity contribution in [2.45, 2.75) is 11.4 Å². The summed E-state index contributed by atoms with van der Waals surface area (Å²) in [5.74, 6) is -2.73.